The molecule has 0 spiro atoms. The highest BCUT2D eigenvalue weighted by Gasteiger charge is 2.44. The molecule has 5 heteroatoms. The van der Waals surface area contributed by atoms with Crippen LogP contribution in [0.15, 0.2) is 60.7 Å². The van der Waals surface area contributed by atoms with E-state index in [1.165, 1.54) is 11.1 Å². The van der Waals surface area contributed by atoms with Crippen LogP contribution in [0.4, 0.5) is 5.69 Å². The van der Waals surface area contributed by atoms with Crippen LogP contribution in [0.2, 0.25) is 0 Å². The highest BCUT2D eigenvalue weighted by Crippen LogP contribution is 2.45. The Morgan fingerprint density at radius 3 is 2.58 bits per heavy atom. The van der Waals surface area contributed by atoms with E-state index in [0.717, 1.165) is 41.7 Å². The summed E-state index contributed by atoms with van der Waals surface area (Å²) < 4.78 is 0. The van der Waals surface area contributed by atoms with Crippen molar-refractivity contribution in [1.82, 2.24) is 14.9 Å². The minimum atomic E-state index is 0.0253. The topological polar surface area (TPSA) is 49.3 Å². The first-order valence-corrected chi connectivity index (χ1v) is 10.9. The van der Waals surface area contributed by atoms with E-state index in [4.69, 9.17) is 9.97 Å². The van der Waals surface area contributed by atoms with E-state index in [1.807, 2.05) is 47.4 Å². The van der Waals surface area contributed by atoms with E-state index in [9.17, 15) is 4.79 Å². The summed E-state index contributed by atoms with van der Waals surface area (Å²) in [6.45, 7) is 4.10. The molecule has 2 aliphatic heterocycles. The van der Waals surface area contributed by atoms with E-state index in [1.54, 1.807) is 0 Å². The summed E-state index contributed by atoms with van der Waals surface area (Å²) in [7, 11) is 2.17. The van der Waals surface area contributed by atoms with Gasteiger partial charge in [-0.2, -0.15) is 0 Å². The van der Waals surface area contributed by atoms with Crippen LogP contribution < -0.4 is 4.90 Å². The van der Waals surface area contributed by atoms with E-state index < -0.39 is 0 Å². The molecule has 1 fully saturated rings. The lowest BCUT2D eigenvalue weighted by molar-refractivity contribution is 0.0966. The monoisotopic (exact) mass is 408 g/mol. The smallest absolute Gasteiger partial charge is 0.260 e. The molecule has 3 aromatic carbocycles. The largest absolute Gasteiger partial charge is 0.306 e. The molecular formula is C26H24N4O. The van der Waals surface area contributed by atoms with Crippen molar-refractivity contribution in [2.24, 2.45) is 0 Å². The maximum absolute atomic E-state index is 14.0. The lowest BCUT2D eigenvalue weighted by atomic mass is 9.88. The second kappa shape index (κ2) is 6.86. The Morgan fingerprint density at radius 1 is 0.968 bits per heavy atom. The second-order valence-electron chi connectivity index (χ2n) is 8.85. The maximum atomic E-state index is 14.0. The molecule has 0 N–H and O–H groups in total. The third-order valence-corrected chi connectivity index (χ3v) is 6.77. The van der Waals surface area contributed by atoms with Gasteiger partial charge >= 0.3 is 0 Å². The van der Waals surface area contributed by atoms with E-state index >= 15 is 0 Å². The summed E-state index contributed by atoms with van der Waals surface area (Å²) in [5.41, 5.74) is 7.29. The Morgan fingerprint density at radius 2 is 1.74 bits per heavy atom. The molecule has 3 heterocycles. The fraction of sp³-hybridized carbons (Fsp3) is 0.269. The Kier molecular flexibility index (Phi) is 4.08. The number of hydrogen-bond acceptors (Lipinski definition) is 4. The van der Waals surface area contributed by atoms with Gasteiger partial charge in [0.2, 0.25) is 0 Å². The predicted molar refractivity (Wildman–Crippen MR) is 124 cm³/mol. The van der Waals surface area contributed by atoms with Gasteiger partial charge in [-0.15, -0.1) is 0 Å². The number of likely N-dealkylation sites (N-methyl/N-ethyl adjacent to an activating group) is 1. The Hall–Kier alpha value is -3.31. The van der Waals surface area contributed by atoms with Gasteiger partial charge < -0.3 is 9.80 Å². The van der Waals surface area contributed by atoms with E-state index in [2.05, 4.69) is 37.1 Å². The minimum absolute atomic E-state index is 0.0253. The van der Waals surface area contributed by atoms with Crippen LogP contribution in [0.5, 0.6) is 0 Å². The van der Waals surface area contributed by atoms with Crippen LogP contribution in [0, 0.1) is 6.92 Å². The number of carbonyl (C=O) groups excluding carboxylic acids is 1. The zero-order valence-electron chi connectivity index (χ0n) is 17.7. The predicted octanol–water partition coefficient (Wildman–Crippen LogP) is 4.54. The van der Waals surface area contributed by atoms with Crippen LogP contribution in [0.1, 0.15) is 33.8 Å². The molecule has 6 rings (SSSR count). The van der Waals surface area contributed by atoms with Gasteiger partial charge in [-0.3, -0.25) is 4.79 Å². The van der Waals surface area contributed by atoms with Crippen molar-refractivity contribution in [2.45, 2.75) is 25.3 Å². The molecule has 1 amide bonds. The number of piperidine rings is 1. The molecule has 4 aromatic rings. The zero-order chi connectivity index (χ0) is 21.1. The molecule has 0 aliphatic carbocycles. The number of benzene rings is 3. The molecule has 154 valence electrons. The van der Waals surface area contributed by atoms with Crippen molar-refractivity contribution < 1.29 is 4.79 Å². The third-order valence-electron chi connectivity index (χ3n) is 6.77. The highest BCUT2D eigenvalue weighted by molar-refractivity contribution is 6.14. The lowest BCUT2D eigenvalue weighted by Crippen LogP contribution is -2.47. The summed E-state index contributed by atoms with van der Waals surface area (Å²) in [6.07, 6.45) is 0.972. The first-order valence-electron chi connectivity index (χ1n) is 10.9. The molecule has 0 radical (unpaired) electrons. The molecule has 1 aromatic heterocycles. The van der Waals surface area contributed by atoms with Gasteiger partial charge in [0, 0.05) is 24.2 Å². The Labute approximate surface area is 181 Å². The number of para-hydroxylation sites is 3. The number of likely N-dealkylation sites (tertiary alicyclic amines) is 1. The van der Waals surface area contributed by atoms with Crippen LogP contribution in [-0.2, 0) is 0 Å². The van der Waals surface area contributed by atoms with Crippen molar-refractivity contribution in [3.63, 3.8) is 0 Å². The number of fused-ring (bicyclic) bond motifs is 5. The van der Waals surface area contributed by atoms with Gasteiger partial charge in [0.25, 0.3) is 5.91 Å². The molecule has 2 aliphatic rings. The normalized spacial score (nSPS) is 20.8. The second-order valence-corrected chi connectivity index (χ2v) is 8.85. The number of carbonyl (C=O) groups is 1. The van der Waals surface area contributed by atoms with Crippen molar-refractivity contribution >= 4 is 33.7 Å². The van der Waals surface area contributed by atoms with Crippen LogP contribution >= 0.6 is 0 Å². The Balaban J connectivity index is 1.51. The number of aryl methyl sites for hydroxylation is 1. The molecule has 31 heavy (non-hydrogen) atoms. The zero-order valence-corrected chi connectivity index (χ0v) is 17.7. The van der Waals surface area contributed by atoms with Crippen molar-refractivity contribution in [2.75, 3.05) is 25.0 Å². The van der Waals surface area contributed by atoms with Crippen LogP contribution in [-0.4, -0.2) is 47.0 Å². The summed E-state index contributed by atoms with van der Waals surface area (Å²) in [5.74, 6) is 0.372. The van der Waals surface area contributed by atoms with Gasteiger partial charge in [-0.1, -0.05) is 35.9 Å². The minimum Gasteiger partial charge on any atom is -0.306 e. The third kappa shape index (κ3) is 2.84. The van der Waals surface area contributed by atoms with E-state index in [0.29, 0.717) is 17.0 Å². The SMILES string of the molecule is Cc1ccc2c(c1)[C@@H]1CN(C)CC[C@H]1N2C(=O)c1cccc2nc3ccccc3nc12. The summed E-state index contributed by atoms with van der Waals surface area (Å²) in [4.78, 5) is 28.0. The van der Waals surface area contributed by atoms with Gasteiger partial charge in [0.05, 0.1) is 22.1 Å². The number of anilines is 1. The van der Waals surface area contributed by atoms with Gasteiger partial charge in [-0.25, -0.2) is 9.97 Å². The van der Waals surface area contributed by atoms with Gasteiger partial charge in [-0.05, 0) is 62.8 Å². The molecular weight excluding hydrogens is 384 g/mol. The summed E-state index contributed by atoms with van der Waals surface area (Å²) in [5, 5.41) is 0. The molecule has 1 saturated heterocycles. The summed E-state index contributed by atoms with van der Waals surface area (Å²) in [6, 6.07) is 20.2. The van der Waals surface area contributed by atoms with Crippen molar-refractivity contribution in [1.29, 1.82) is 0 Å². The quantitative estimate of drug-likeness (QED) is 0.434. The average molecular weight is 409 g/mol. The standard InChI is InChI=1S/C26H24N4O/c1-16-10-11-23-18(14-16)19-15-29(2)13-12-24(19)30(23)26(31)17-6-5-9-22-25(17)28-21-8-4-3-7-20(21)27-22/h3-11,14,19,24H,12-13,15H2,1-2H3/t19-,24+/m0/s1. The molecule has 2 atom stereocenters. The number of rotatable bonds is 1. The summed E-state index contributed by atoms with van der Waals surface area (Å²) >= 11 is 0. The average Bonchev–Trinajstić information content (AvgIpc) is 3.09. The fourth-order valence-corrected chi connectivity index (χ4v) is 5.29. The highest BCUT2D eigenvalue weighted by atomic mass is 16.2. The molecule has 0 saturated carbocycles. The maximum Gasteiger partial charge on any atom is 0.260 e. The van der Waals surface area contributed by atoms with Crippen LogP contribution in [0.3, 0.4) is 0 Å². The number of hydrogen-bond donors (Lipinski definition) is 0. The number of aromatic nitrogens is 2. The number of amides is 1. The molecule has 5 nitrogen and oxygen atoms in total. The lowest BCUT2D eigenvalue weighted by Gasteiger charge is -2.36. The van der Waals surface area contributed by atoms with E-state index in [-0.39, 0.29) is 11.9 Å². The van der Waals surface area contributed by atoms with Crippen molar-refractivity contribution in [3.8, 4) is 0 Å². The molecule has 0 unspecified atom stereocenters. The van der Waals surface area contributed by atoms with Crippen molar-refractivity contribution in [3.05, 3.63) is 77.4 Å². The van der Waals surface area contributed by atoms with Gasteiger partial charge in [0.1, 0.15) is 5.52 Å². The Bertz CT molecular complexity index is 1350. The first kappa shape index (κ1) is 18.5. The molecule has 0 bridgehead atoms. The van der Waals surface area contributed by atoms with Gasteiger partial charge in [0.15, 0.2) is 0 Å². The fourth-order valence-electron chi connectivity index (χ4n) is 5.29. The first-order chi connectivity index (χ1) is 15.1. The van der Waals surface area contributed by atoms with Crippen LogP contribution in [0.25, 0.3) is 22.1 Å². The number of nitrogens with zero attached hydrogens (tertiary/aromatic N) is 4.